The fourth-order valence-electron chi connectivity index (χ4n) is 2.13. The molecule has 2 nitrogen and oxygen atoms in total. The lowest BCUT2D eigenvalue weighted by atomic mass is 10.1. The second-order valence-electron chi connectivity index (χ2n) is 4.42. The lowest BCUT2D eigenvalue weighted by Crippen LogP contribution is -2.23. The lowest BCUT2D eigenvalue weighted by Gasteiger charge is -2.12. The van der Waals surface area contributed by atoms with Crippen LogP contribution in [-0.2, 0) is 4.79 Å². The van der Waals surface area contributed by atoms with E-state index in [1.165, 1.54) is 0 Å². The van der Waals surface area contributed by atoms with Crippen LogP contribution in [-0.4, -0.2) is 5.91 Å². The first-order chi connectivity index (χ1) is 8.93. The predicted molar refractivity (Wildman–Crippen MR) is 56.8 cm³/mol. The fraction of sp³-hybridized carbons (Fsp3) is 0.417. The van der Waals surface area contributed by atoms with Gasteiger partial charge in [0, 0.05) is 5.92 Å². The van der Waals surface area contributed by atoms with E-state index >= 15 is 0 Å². The number of nitrogens with one attached hydrogen (secondary N) is 1. The molecule has 1 N–H and O–H groups in total. The Bertz CT molecular complexity index is 496. The molecule has 19 heavy (non-hydrogen) atoms. The number of carbonyl (C=O) groups excluding carboxylic acids is 1. The molecule has 0 atom stereocenters. The minimum absolute atomic E-state index is 0.449. The Morgan fingerprint density at radius 2 is 1.26 bits per heavy atom. The average Bonchev–Trinajstić information content (AvgIpc) is 2.93. The summed E-state index contributed by atoms with van der Waals surface area (Å²) < 4.78 is 65.3. The zero-order chi connectivity index (χ0) is 14.2. The Balaban J connectivity index is 2.32. The number of hydrogen-bond acceptors (Lipinski definition) is 1. The van der Waals surface area contributed by atoms with Crippen LogP contribution >= 0.6 is 0 Å². The van der Waals surface area contributed by atoms with Crippen molar-refractivity contribution < 1.29 is 26.7 Å². The third-order valence-corrected chi connectivity index (χ3v) is 3.18. The number of anilines is 1. The van der Waals surface area contributed by atoms with Crippen molar-refractivity contribution in [2.75, 3.05) is 5.32 Å². The third-order valence-electron chi connectivity index (χ3n) is 3.18. The van der Waals surface area contributed by atoms with Gasteiger partial charge >= 0.3 is 0 Å². The Morgan fingerprint density at radius 3 is 1.74 bits per heavy atom. The normalized spacial score (nSPS) is 15.8. The van der Waals surface area contributed by atoms with Crippen LogP contribution in [0.2, 0.25) is 0 Å². The maximum absolute atomic E-state index is 13.3. The van der Waals surface area contributed by atoms with Crippen molar-refractivity contribution in [2.45, 2.75) is 25.7 Å². The largest absolute Gasteiger partial charge is 0.321 e. The zero-order valence-corrected chi connectivity index (χ0v) is 9.70. The molecule has 1 aromatic carbocycles. The molecule has 104 valence electrons. The number of amides is 1. The lowest BCUT2D eigenvalue weighted by molar-refractivity contribution is -0.119. The van der Waals surface area contributed by atoms with Crippen molar-refractivity contribution in [3.8, 4) is 0 Å². The summed E-state index contributed by atoms with van der Waals surface area (Å²) in [4.78, 5) is 11.6. The summed E-state index contributed by atoms with van der Waals surface area (Å²) in [7, 11) is 0. The van der Waals surface area contributed by atoms with Gasteiger partial charge in [-0.15, -0.1) is 0 Å². The van der Waals surface area contributed by atoms with Gasteiger partial charge in [0.25, 0.3) is 0 Å². The van der Waals surface area contributed by atoms with Gasteiger partial charge in [-0.1, -0.05) is 12.8 Å². The summed E-state index contributed by atoms with van der Waals surface area (Å²) in [6, 6.07) is 0. The van der Waals surface area contributed by atoms with Crippen molar-refractivity contribution >= 4 is 11.6 Å². The van der Waals surface area contributed by atoms with Crippen LogP contribution in [0.3, 0.4) is 0 Å². The molecular formula is C12H10F5NO. The maximum Gasteiger partial charge on any atom is 0.227 e. The van der Waals surface area contributed by atoms with E-state index in [0.717, 1.165) is 12.8 Å². The molecule has 0 spiro atoms. The van der Waals surface area contributed by atoms with Crippen molar-refractivity contribution in [2.24, 2.45) is 5.92 Å². The molecule has 1 fully saturated rings. The molecule has 0 unspecified atom stereocenters. The maximum atomic E-state index is 13.3. The molecule has 0 aromatic heterocycles. The first kappa shape index (κ1) is 13.8. The van der Waals surface area contributed by atoms with Gasteiger partial charge in [-0.2, -0.15) is 0 Å². The molecule has 1 aliphatic carbocycles. The van der Waals surface area contributed by atoms with E-state index in [4.69, 9.17) is 0 Å². The van der Waals surface area contributed by atoms with Crippen molar-refractivity contribution in [1.29, 1.82) is 0 Å². The standard InChI is InChI=1S/C12H10F5NO/c13-6-7(14)9(16)11(10(17)8(6)15)18-12(19)5-3-1-2-4-5/h5H,1-4H2,(H,18,19). The second-order valence-corrected chi connectivity index (χ2v) is 4.42. The number of halogens is 5. The number of hydrogen-bond donors (Lipinski definition) is 1. The first-order valence-electron chi connectivity index (χ1n) is 5.75. The summed E-state index contributed by atoms with van der Waals surface area (Å²) in [5, 5.41) is 1.79. The Morgan fingerprint density at radius 1 is 0.842 bits per heavy atom. The van der Waals surface area contributed by atoms with Gasteiger partial charge in [0.1, 0.15) is 5.69 Å². The van der Waals surface area contributed by atoms with Crippen LogP contribution in [0.15, 0.2) is 0 Å². The minimum atomic E-state index is -2.24. The van der Waals surface area contributed by atoms with Crippen LogP contribution < -0.4 is 5.32 Å². The predicted octanol–water partition coefficient (Wildman–Crippen LogP) is 3.51. The summed E-state index contributed by atoms with van der Waals surface area (Å²) in [5.41, 5.74) is -1.28. The van der Waals surface area contributed by atoms with Gasteiger partial charge in [-0.05, 0) is 12.8 Å². The van der Waals surface area contributed by atoms with Crippen molar-refractivity contribution in [1.82, 2.24) is 0 Å². The molecular weight excluding hydrogens is 269 g/mol. The van der Waals surface area contributed by atoms with Crippen LogP contribution in [0.5, 0.6) is 0 Å². The molecule has 2 rings (SSSR count). The monoisotopic (exact) mass is 279 g/mol. The summed E-state index contributed by atoms with van der Waals surface area (Å²) in [6.45, 7) is 0. The van der Waals surface area contributed by atoms with Crippen LogP contribution in [0.4, 0.5) is 27.6 Å². The Hall–Kier alpha value is -1.66. The highest BCUT2D eigenvalue weighted by atomic mass is 19.2. The van der Waals surface area contributed by atoms with Gasteiger partial charge in [-0.25, -0.2) is 22.0 Å². The van der Waals surface area contributed by atoms with E-state index < -0.39 is 46.6 Å². The fourth-order valence-corrected chi connectivity index (χ4v) is 2.13. The van der Waals surface area contributed by atoms with Gasteiger partial charge < -0.3 is 5.32 Å². The highest BCUT2D eigenvalue weighted by molar-refractivity contribution is 5.93. The molecule has 0 bridgehead atoms. The zero-order valence-electron chi connectivity index (χ0n) is 9.70. The van der Waals surface area contributed by atoms with E-state index in [0.29, 0.717) is 12.8 Å². The van der Waals surface area contributed by atoms with Crippen molar-refractivity contribution in [3.05, 3.63) is 29.1 Å². The minimum Gasteiger partial charge on any atom is -0.321 e. The van der Waals surface area contributed by atoms with Gasteiger partial charge in [0.2, 0.25) is 11.7 Å². The van der Waals surface area contributed by atoms with Crippen LogP contribution in [0, 0.1) is 35.0 Å². The van der Waals surface area contributed by atoms with Gasteiger partial charge in [-0.3, -0.25) is 4.79 Å². The molecule has 0 heterocycles. The number of benzene rings is 1. The average molecular weight is 279 g/mol. The molecule has 7 heteroatoms. The highest BCUT2D eigenvalue weighted by Gasteiger charge is 2.29. The van der Waals surface area contributed by atoms with Crippen molar-refractivity contribution in [3.63, 3.8) is 0 Å². The molecule has 0 radical (unpaired) electrons. The van der Waals surface area contributed by atoms with Gasteiger partial charge in [0.15, 0.2) is 23.3 Å². The SMILES string of the molecule is O=C(Nc1c(F)c(F)c(F)c(F)c1F)C1CCCC1. The van der Waals surface area contributed by atoms with E-state index in [2.05, 4.69) is 0 Å². The quantitative estimate of drug-likeness (QED) is 0.501. The molecule has 1 amide bonds. The number of carbonyl (C=O) groups is 1. The van der Waals surface area contributed by atoms with E-state index in [-0.39, 0.29) is 0 Å². The molecule has 1 saturated carbocycles. The van der Waals surface area contributed by atoms with E-state index in [1.807, 2.05) is 0 Å². The smallest absolute Gasteiger partial charge is 0.227 e. The van der Waals surface area contributed by atoms with Crippen LogP contribution in [0.1, 0.15) is 25.7 Å². The third kappa shape index (κ3) is 2.41. The highest BCUT2D eigenvalue weighted by Crippen LogP contribution is 2.30. The van der Waals surface area contributed by atoms with Gasteiger partial charge in [0.05, 0.1) is 0 Å². The van der Waals surface area contributed by atoms with E-state index in [9.17, 15) is 26.7 Å². The first-order valence-corrected chi connectivity index (χ1v) is 5.75. The molecule has 1 aliphatic rings. The van der Waals surface area contributed by atoms with E-state index in [1.54, 1.807) is 5.32 Å². The molecule has 0 saturated heterocycles. The van der Waals surface area contributed by atoms with Crippen LogP contribution in [0.25, 0.3) is 0 Å². The molecule has 0 aliphatic heterocycles. The Kier molecular flexibility index (Phi) is 3.73. The summed E-state index contributed by atoms with van der Waals surface area (Å²) in [6.07, 6.45) is 2.69. The number of rotatable bonds is 2. The second kappa shape index (κ2) is 5.14. The summed E-state index contributed by atoms with van der Waals surface area (Å²) in [5.74, 6) is -11.6. The summed E-state index contributed by atoms with van der Waals surface area (Å²) >= 11 is 0. The Labute approximate surface area is 105 Å². The molecule has 1 aromatic rings. The topological polar surface area (TPSA) is 29.1 Å².